The van der Waals surface area contributed by atoms with E-state index >= 15 is 0 Å². The second-order valence-electron chi connectivity index (χ2n) is 7.89. The highest BCUT2D eigenvalue weighted by atomic mass is 16.1. The third-order valence-electron chi connectivity index (χ3n) is 4.92. The van der Waals surface area contributed by atoms with Crippen molar-refractivity contribution in [2.45, 2.75) is 39.5 Å². The maximum Gasteiger partial charge on any atom is 0.251 e. The lowest BCUT2D eigenvalue weighted by atomic mass is 9.96. The van der Waals surface area contributed by atoms with E-state index < -0.39 is 0 Å². The molecule has 0 radical (unpaired) electrons. The van der Waals surface area contributed by atoms with Gasteiger partial charge in [-0.15, -0.1) is 0 Å². The Labute approximate surface area is 167 Å². The molecular weight excluding hydrogens is 346 g/mol. The van der Waals surface area contributed by atoms with Gasteiger partial charge in [0.25, 0.3) is 5.91 Å². The van der Waals surface area contributed by atoms with E-state index in [2.05, 4.69) is 36.2 Å². The molecule has 28 heavy (non-hydrogen) atoms. The predicted octanol–water partition coefficient (Wildman–Crippen LogP) is 4.38. The fraction of sp³-hybridized carbons (Fsp3) is 0.360. The van der Waals surface area contributed by atoms with E-state index in [9.17, 15) is 9.59 Å². The Hall–Kier alpha value is -2.86. The molecule has 144 valence electrons. The minimum Gasteiger partial charge on any atom is -0.352 e. The number of carbonyl (C=O) groups excluding carboxylic acids is 2. The van der Waals surface area contributed by atoms with E-state index in [1.807, 2.05) is 36.4 Å². The number of rotatable bonds is 7. The molecule has 0 saturated heterocycles. The standard InChI is InChI=1S/C25H27NO2/c1-18(15-19(2)27)16-22-7-5-20(6-8-22)3-4-21-11-13-24(14-12-21)25(28)26-17-23-9-10-23/h5-8,11-14,18,23H,9-10,15-17H2,1-2H3,(H,26,28). The van der Waals surface area contributed by atoms with Crippen LogP contribution in [0.25, 0.3) is 0 Å². The van der Waals surface area contributed by atoms with E-state index in [0.29, 0.717) is 23.8 Å². The summed E-state index contributed by atoms with van der Waals surface area (Å²) in [5, 5.41) is 2.97. The Bertz CT molecular complexity index is 881. The third-order valence-corrected chi connectivity index (χ3v) is 4.92. The van der Waals surface area contributed by atoms with Crippen molar-refractivity contribution in [3.05, 3.63) is 70.8 Å². The zero-order chi connectivity index (χ0) is 19.9. The highest BCUT2D eigenvalue weighted by Gasteiger charge is 2.21. The summed E-state index contributed by atoms with van der Waals surface area (Å²) in [5.74, 6) is 7.57. The summed E-state index contributed by atoms with van der Waals surface area (Å²) in [4.78, 5) is 23.3. The van der Waals surface area contributed by atoms with Gasteiger partial charge in [0.05, 0.1) is 0 Å². The number of ketones is 1. The smallest absolute Gasteiger partial charge is 0.251 e. The van der Waals surface area contributed by atoms with Gasteiger partial charge >= 0.3 is 0 Å². The van der Waals surface area contributed by atoms with Gasteiger partial charge < -0.3 is 10.1 Å². The maximum absolute atomic E-state index is 12.1. The average molecular weight is 373 g/mol. The van der Waals surface area contributed by atoms with Crippen LogP contribution in [0.15, 0.2) is 48.5 Å². The van der Waals surface area contributed by atoms with Crippen LogP contribution in [0.5, 0.6) is 0 Å². The number of hydrogen-bond acceptors (Lipinski definition) is 2. The van der Waals surface area contributed by atoms with Crippen LogP contribution in [0.1, 0.15) is 60.2 Å². The van der Waals surface area contributed by atoms with E-state index in [0.717, 1.165) is 24.1 Å². The highest BCUT2D eigenvalue weighted by molar-refractivity contribution is 5.94. The lowest BCUT2D eigenvalue weighted by Gasteiger charge is -2.09. The molecule has 1 unspecified atom stereocenters. The van der Waals surface area contributed by atoms with Crippen LogP contribution < -0.4 is 5.32 Å². The van der Waals surface area contributed by atoms with Gasteiger partial charge in [-0.3, -0.25) is 4.79 Å². The first kappa shape index (κ1) is 19.9. The van der Waals surface area contributed by atoms with Gasteiger partial charge in [0.2, 0.25) is 0 Å². The summed E-state index contributed by atoms with van der Waals surface area (Å²) in [7, 11) is 0. The average Bonchev–Trinajstić information content (AvgIpc) is 3.50. The van der Waals surface area contributed by atoms with E-state index in [1.54, 1.807) is 6.92 Å². The summed E-state index contributed by atoms with van der Waals surface area (Å²) in [6.45, 7) is 4.53. The molecule has 0 spiro atoms. The summed E-state index contributed by atoms with van der Waals surface area (Å²) in [6, 6.07) is 15.6. The van der Waals surface area contributed by atoms with Crippen molar-refractivity contribution < 1.29 is 9.59 Å². The van der Waals surface area contributed by atoms with Crippen LogP contribution in [-0.4, -0.2) is 18.2 Å². The molecule has 1 atom stereocenters. The molecule has 3 heteroatoms. The second kappa shape index (κ2) is 9.37. The zero-order valence-corrected chi connectivity index (χ0v) is 16.6. The Morgan fingerprint density at radius 3 is 2.11 bits per heavy atom. The molecule has 0 aromatic heterocycles. The topological polar surface area (TPSA) is 46.2 Å². The molecular formula is C25H27NO2. The highest BCUT2D eigenvalue weighted by Crippen LogP contribution is 2.27. The molecule has 1 aliphatic rings. The minimum absolute atomic E-state index is 0.0130. The third kappa shape index (κ3) is 6.39. The van der Waals surface area contributed by atoms with Crippen molar-refractivity contribution in [2.75, 3.05) is 6.54 Å². The van der Waals surface area contributed by atoms with E-state index in [-0.39, 0.29) is 11.7 Å². The van der Waals surface area contributed by atoms with Crippen LogP contribution in [0.2, 0.25) is 0 Å². The fourth-order valence-corrected chi connectivity index (χ4v) is 3.20. The predicted molar refractivity (Wildman–Crippen MR) is 112 cm³/mol. The van der Waals surface area contributed by atoms with Gasteiger partial charge in [0.15, 0.2) is 0 Å². The number of Topliss-reactive ketones (excluding diaryl/α,β-unsaturated/α-hetero) is 1. The monoisotopic (exact) mass is 373 g/mol. The van der Waals surface area contributed by atoms with Gasteiger partial charge in [-0.1, -0.05) is 30.9 Å². The molecule has 0 bridgehead atoms. The molecule has 3 rings (SSSR count). The first-order valence-electron chi connectivity index (χ1n) is 9.98. The molecule has 0 aliphatic heterocycles. The van der Waals surface area contributed by atoms with Crippen molar-refractivity contribution in [3.8, 4) is 11.8 Å². The van der Waals surface area contributed by atoms with Crippen molar-refractivity contribution in [1.29, 1.82) is 0 Å². The Morgan fingerprint density at radius 1 is 1.00 bits per heavy atom. The molecule has 3 nitrogen and oxygen atoms in total. The summed E-state index contributed by atoms with van der Waals surface area (Å²) < 4.78 is 0. The number of hydrogen-bond donors (Lipinski definition) is 1. The van der Waals surface area contributed by atoms with Crippen molar-refractivity contribution in [2.24, 2.45) is 11.8 Å². The molecule has 0 heterocycles. The van der Waals surface area contributed by atoms with E-state index in [1.165, 1.54) is 18.4 Å². The van der Waals surface area contributed by atoms with Crippen molar-refractivity contribution in [1.82, 2.24) is 5.32 Å². The largest absolute Gasteiger partial charge is 0.352 e. The number of nitrogens with one attached hydrogen (secondary N) is 1. The molecule has 2 aromatic rings. The van der Waals surface area contributed by atoms with E-state index in [4.69, 9.17) is 0 Å². The van der Waals surface area contributed by atoms with Gasteiger partial charge in [0, 0.05) is 29.7 Å². The zero-order valence-electron chi connectivity index (χ0n) is 16.6. The SMILES string of the molecule is CC(=O)CC(C)Cc1ccc(C#Cc2ccc(C(=O)NCC3CC3)cc2)cc1. The number of carbonyl (C=O) groups is 2. The molecule has 1 aliphatic carbocycles. The first-order valence-corrected chi connectivity index (χ1v) is 9.98. The Balaban J connectivity index is 1.55. The molecule has 1 N–H and O–H groups in total. The maximum atomic E-state index is 12.1. The van der Waals surface area contributed by atoms with Gasteiger partial charge in [-0.25, -0.2) is 0 Å². The van der Waals surface area contributed by atoms with Crippen LogP contribution in [0, 0.1) is 23.7 Å². The van der Waals surface area contributed by atoms with Crippen LogP contribution in [-0.2, 0) is 11.2 Å². The summed E-state index contributed by atoms with van der Waals surface area (Å²) in [5.41, 5.74) is 3.74. The van der Waals surface area contributed by atoms with Crippen molar-refractivity contribution in [3.63, 3.8) is 0 Å². The number of amides is 1. The molecule has 1 saturated carbocycles. The quantitative estimate of drug-likeness (QED) is 0.732. The minimum atomic E-state index is -0.0130. The Kier molecular flexibility index (Phi) is 6.66. The summed E-state index contributed by atoms with van der Waals surface area (Å²) in [6.07, 6.45) is 3.98. The van der Waals surface area contributed by atoms with Gasteiger partial charge in [-0.2, -0.15) is 0 Å². The first-order chi connectivity index (χ1) is 13.5. The Morgan fingerprint density at radius 2 is 1.57 bits per heavy atom. The lowest BCUT2D eigenvalue weighted by Crippen LogP contribution is -2.25. The molecule has 1 fully saturated rings. The van der Waals surface area contributed by atoms with Crippen LogP contribution in [0.4, 0.5) is 0 Å². The second-order valence-corrected chi connectivity index (χ2v) is 7.89. The normalized spacial score (nSPS) is 13.9. The molecule has 1 amide bonds. The lowest BCUT2D eigenvalue weighted by molar-refractivity contribution is -0.117. The van der Waals surface area contributed by atoms with Crippen LogP contribution >= 0.6 is 0 Å². The van der Waals surface area contributed by atoms with Gasteiger partial charge in [0.1, 0.15) is 5.78 Å². The number of benzene rings is 2. The van der Waals surface area contributed by atoms with Crippen molar-refractivity contribution >= 4 is 11.7 Å². The summed E-state index contributed by atoms with van der Waals surface area (Å²) >= 11 is 0. The molecule has 2 aromatic carbocycles. The van der Waals surface area contributed by atoms with Crippen LogP contribution in [0.3, 0.4) is 0 Å². The fourth-order valence-electron chi connectivity index (χ4n) is 3.20. The van der Waals surface area contributed by atoms with Gasteiger partial charge in [-0.05, 0) is 80.0 Å².